The average Bonchev–Trinajstić information content (AvgIpc) is 3.34. The van der Waals surface area contributed by atoms with Crippen LogP contribution in [-0.4, -0.2) is 46.0 Å². The van der Waals surface area contributed by atoms with Crippen molar-refractivity contribution in [2.75, 3.05) is 0 Å². The van der Waals surface area contributed by atoms with Gasteiger partial charge in [-0.25, -0.2) is 4.79 Å². The highest BCUT2D eigenvalue weighted by Crippen LogP contribution is 2.48. The van der Waals surface area contributed by atoms with Crippen molar-refractivity contribution in [1.82, 2.24) is 5.32 Å². The van der Waals surface area contributed by atoms with E-state index in [-0.39, 0.29) is 16.9 Å². The minimum Gasteiger partial charge on any atom is -0.447 e. The van der Waals surface area contributed by atoms with Crippen molar-refractivity contribution in [3.8, 4) is 11.5 Å². The van der Waals surface area contributed by atoms with Gasteiger partial charge in [0.25, 0.3) is 0 Å². The van der Waals surface area contributed by atoms with Crippen LogP contribution in [0.15, 0.2) is 11.6 Å². The van der Waals surface area contributed by atoms with Gasteiger partial charge in [-0.15, -0.1) is 5.54 Å². The first kappa shape index (κ1) is 24.9. The molecule has 0 bridgehead atoms. The Morgan fingerprint density at radius 2 is 1.80 bits per heavy atom. The molecule has 0 aromatic heterocycles. The van der Waals surface area contributed by atoms with Crippen LogP contribution in [0.25, 0.3) is 0 Å². The number of ether oxygens (including phenoxy) is 1. The fraction of sp³-hybridized carbons (Fsp3) is 0.739. The molecule has 0 aromatic rings. The summed E-state index contributed by atoms with van der Waals surface area (Å²) in [6, 6.07) is 0. The van der Waals surface area contributed by atoms with E-state index in [4.69, 9.17) is 9.16 Å². The van der Waals surface area contributed by atoms with Gasteiger partial charge in [-0.3, -0.25) is 4.79 Å². The number of hydrogen-bond acceptors (Lipinski definition) is 4. The van der Waals surface area contributed by atoms with Gasteiger partial charge in [0.2, 0.25) is 5.91 Å². The Hall–Kier alpha value is -1.37. The molecule has 0 saturated heterocycles. The van der Waals surface area contributed by atoms with Crippen molar-refractivity contribution in [1.29, 1.82) is 0 Å². The molecule has 1 heterocycles. The molecule has 7 heteroatoms. The molecule has 30 heavy (non-hydrogen) atoms. The van der Waals surface area contributed by atoms with Crippen LogP contribution in [0.3, 0.4) is 0 Å². The summed E-state index contributed by atoms with van der Waals surface area (Å²) in [6.07, 6.45) is 2.51. The fourth-order valence-electron chi connectivity index (χ4n) is 3.30. The Bertz CT molecular complexity index is 791. The van der Waals surface area contributed by atoms with Gasteiger partial charge in [0, 0.05) is 6.08 Å². The predicted molar refractivity (Wildman–Crippen MR) is 126 cm³/mol. The minimum atomic E-state index is -2.19. The van der Waals surface area contributed by atoms with E-state index in [9.17, 15) is 9.59 Å². The molecule has 1 N–H and O–H groups in total. The zero-order chi connectivity index (χ0) is 23.1. The Morgan fingerprint density at radius 3 is 2.20 bits per heavy atom. The van der Waals surface area contributed by atoms with E-state index in [0.29, 0.717) is 5.57 Å². The number of hydrogen-bond donors (Lipinski definition) is 1. The molecule has 0 spiro atoms. The van der Waals surface area contributed by atoms with Crippen LogP contribution in [0.5, 0.6) is 0 Å². The molecule has 1 amide bonds. The number of nitrogens with one attached hydrogen (secondary N) is 1. The second-order valence-corrected chi connectivity index (χ2v) is 20.8. The third-order valence-electron chi connectivity index (χ3n) is 6.25. The highest BCUT2D eigenvalue weighted by molar-refractivity contribution is 6.83. The van der Waals surface area contributed by atoms with Crippen LogP contribution >= 0.6 is 0 Å². The number of esters is 1. The van der Waals surface area contributed by atoms with Gasteiger partial charge in [0.1, 0.15) is 8.07 Å². The SMILES string of the molecule is CC1=CC(=O)N[C@@]1(C(=O)O[C@@H](C)C#C[Si](C)(C)C)[C@H](O[Si](C)(C)C(C)(C)C)C1CC1. The van der Waals surface area contributed by atoms with Crippen LogP contribution in [0, 0.1) is 17.4 Å². The molecule has 3 atom stereocenters. The zero-order valence-corrected chi connectivity index (χ0v) is 22.4. The molecule has 5 nitrogen and oxygen atoms in total. The molecular formula is C23H39NO4Si2. The maximum Gasteiger partial charge on any atom is 0.340 e. The molecule has 168 valence electrons. The normalized spacial score (nSPS) is 24.3. The number of carbonyl (C=O) groups is 2. The van der Waals surface area contributed by atoms with Gasteiger partial charge in [0.15, 0.2) is 20.0 Å². The minimum absolute atomic E-state index is 0.0123. The lowest BCUT2D eigenvalue weighted by molar-refractivity contribution is -0.158. The first-order chi connectivity index (χ1) is 13.5. The van der Waals surface area contributed by atoms with E-state index >= 15 is 0 Å². The van der Waals surface area contributed by atoms with Gasteiger partial charge in [-0.2, -0.15) is 0 Å². The van der Waals surface area contributed by atoms with E-state index in [0.717, 1.165) is 12.8 Å². The maximum absolute atomic E-state index is 13.6. The standard InChI is InChI=1S/C23H39NO4Si2/c1-16-15-19(25)24-23(16,21(26)27-17(2)13-14-29(6,7)8)20(18-11-12-18)28-30(9,10)22(3,4)5/h15,17-18,20H,11-12H2,1-10H3,(H,24,25)/t17-,20+,23+/m0/s1. The summed E-state index contributed by atoms with van der Waals surface area (Å²) in [5.41, 5.74) is 2.65. The lowest BCUT2D eigenvalue weighted by Gasteiger charge is -2.45. The fourth-order valence-corrected chi connectivity index (χ4v) is 5.29. The van der Waals surface area contributed by atoms with E-state index in [1.165, 1.54) is 6.08 Å². The van der Waals surface area contributed by atoms with Gasteiger partial charge in [-0.1, -0.05) is 46.3 Å². The molecule has 2 rings (SSSR count). The smallest absolute Gasteiger partial charge is 0.340 e. The van der Waals surface area contributed by atoms with Crippen molar-refractivity contribution < 1.29 is 18.8 Å². The molecule has 0 radical (unpaired) electrons. The molecule has 1 aliphatic carbocycles. The highest BCUT2D eigenvalue weighted by Gasteiger charge is 2.60. The van der Waals surface area contributed by atoms with Crippen LogP contribution in [-0.2, 0) is 18.8 Å². The van der Waals surface area contributed by atoms with Crippen molar-refractivity contribution in [2.24, 2.45) is 5.92 Å². The van der Waals surface area contributed by atoms with Crippen molar-refractivity contribution in [2.45, 2.75) is 103 Å². The Labute approximate surface area is 184 Å². The van der Waals surface area contributed by atoms with Crippen molar-refractivity contribution in [3.63, 3.8) is 0 Å². The Kier molecular flexibility index (Phi) is 6.88. The van der Waals surface area contributed by atoms with Crippen LogP contribution in [0.1, 0.15) is 47.5 Å². The topological polar surface area (TPSA) is 64.6 Å². The van der Waals surface area contributed by atoms with Gasteiger partial charge in [-0.05, 0) is 56.3 Å². The second kappa shape index (κ2) is 8.29. The van der Waals surface area contributed by atoms with Gasteiger partial charge < -0.3 is 14.5 Å². The molecule has 1 saturated carbocycles. The summed E-state index contributed by atoms with van der Waals surface area (Å²) in [7, 11) is -3.77. The summed E-state index contributed by atoms with van der Waals surface area (Å²) in [5.74, 6) is 2.58. The largest absolute Gasteiger partial charge is 0.447 e. The molecule has 1 fully saturated rings. The van der Waals surface area contributed by atoms with Gasteiger partial charge >= 0.3 is 5.97 Å². The summed E-state index contributed by atoms with van der Waals surface area (Å²) in [4.78, 5) is 25.9. The summed E-state index contributed by atoms with van der Waals surface area (Å²) < 4.78 is 12.6. The van der Waals surface area contributed by atoms with Crippen LogP contribution in [0.4, 0.5) is 0 Å². The molecule has 1 aliphatic heterocycles. The lowest BCUT2D eigenvalue weighted by atomic mass is 9.84. The van der Waals surface area contributed by atoms with Crippen molar-refractivity contribution in [3.05, 3.63) is 11.6 Å². The third kappa shape index (κ3) is 5.46. The third-order valence-corrected chi connectivity index (χ3v) is 11.6. The van der Waals surface area contributed by atoms with Crippen molar-refractivity contribution >= 4 is 28.3 Å². The second-order valence-electron chi connectivity index (χ2n) is 11.3. The summed E-state index contributed by atoms with van der Waals surface area (Å²) in [5, 5.41) is 2.93. The summed E-state index contributed by atoms with van der Waals surface area (Å²) >= 11 is 0. The predicted octanol–water partition coefficient (Wildman–Crippen LogP) is 4.41. The highest BCUT2D eigenvalue weighted by atomic mass is 28.4. The van der Waals surface area contributed by atoms with E-state index in [1.54, 1.807) is 6.92 Å². The van der Waals surface area contributed by atoms with Crippen LogP contribution < -0.4 is 5.32 Å². The molecule has 0 unspecified atom stereocenters. The van der Waals surface area contributed by atoms with Gasteiger partial charge in [0.05, 0.1) is 6.10 Å². The monoisotopic (exact) mass is 449 g/mol. The lowest BCUT2D eigenvalue weighted by Crippen LogP contribution is -2.64. The first-order valence-corrected chi connectivity index (χ1v) is 17.3. The molecular weight excluding hydrogens is 410 g/mol. The number of rotatable bonds is 6. The maximum atomic E-state index is 13.6. The number of amides is 1. The number of carbonyl (C=O) groups excluding carboxylic acids is 2. The van der Waals surface area contributed by atoms with E-state index in [2.05, 4.69) is 70.3 Å². The quantitative estimate of drug-likeness (QED) is 0.370. The first-order valence-electron chi connectivity index (χ1n) is 10.9. The summed E-state index contributed by atoms with van der Waals surface area (Å²) in [6.45, 7) is 21.0. The van der Waals surface area contributed by atoms with E-state index in [1.807, 2.05) is 6.92 Å². The Morgan fingerprint density at radius 1 is 1.23 bits per heavy atom. The zero-order valence-electron chi connectivity index (χ0n) is 20.4. The molecule has 0 aromatic carbocycles. The van der Waals surface area contributed by atoms with E-state index < -0.39 is 40.1 Å². The Balaban J connectivity index is 2.41. The van der Waals surface area contributed by atoms with Crippen LogP contribution in [0.2, 0.25) is 37.8 Å². The molecule has 2 aliphatic rings. The average molecular weight is 450 g/mol.